The Morgan fingerprint density at radius 2 is 2.12 bits per heavy atom. The second-order valence-electron chi connectivity index (χ2n) is 6.86. The number of amides is 1. The maximum absolute atomic E-state index is 13.9. The van der Waals surface area contributed by atoms with Gasteiger partial charge in [0.05, 0.1) is 12.5 Å². The lowest BCUT2D eigenvalue weighted by atomic mass is 9.89. The molecule has 0 saturated carbocycles. The summed E-state index contributed by atoms with van der Waals surface area (Å²) in [7, 11) is 0. The van der Waals surface area contributed by atoms with Crippen LogP contribution in [0.3, 0.4) is 0 Å². The molecule has 1 atom stereocenters. The van der Waals surface area contributed by atoms with E-state index in [1.807, 2.05) is 13.8 Å². The lowest BCUT2D eigenvalue weighted by Crippen LogP contribution is -2.41. The fourth-order valence-corrected chi connectivity index (χ4v) is 3.34. The van der Waals surface area contributed by atoms with E-state index < -0.39 is 11.4 Å². The summed E-state index contributed by atoms with van der Waals surface area (Å²) in [6.07, 6.45) is 0.459. The summed E-state index contributed by atoms with van der Waals surface area (Å²) in [4.78, 5) is 12.5. The van der Waals surface area contributed by atoms with Gasteiger partial charge in [-0.05, 0) is 44.2 Å². The molecule has 0 aromatic heterocycles. The number of hydrogen-bond donors (Lipinski definition) is 2. The predicted molar refractivity (Wildman–Crippen MR) is 103 cm³/mol. The number of carbonyl (C=O) groups excluding carboxylic acids is 1. The number of anilines is 1. The first kappa shape index (κ1) is 20.3. The molecule has 7 heteroatoms. The van der Waals surface area contributed by atoms with Gasteiger partial charge in [-0.3, -0.25) is 4.79 Å². The molecule has 0 aliphatic carbocycles. The summed E-state index contributed by atoms with van der Waals surface area (Å²) in [5, 5.41) is 3.20. The predicted octanol–water partition coefficient (Wildman–Crippen LogP) is 4.44. The number of halogens is 3. The average molecular weight is 399 g/mol. The highest BCUT2D eigenvalue weighted by atomic mass is 35.5. The molecule has 140 valence electrons. The molecule has 1 heterocycles. The number of nitrogens with two attached hydrogens (primary N) is 1. The fraction of sp³-hybridized carbons (Fsp3) is 0.316. The molecule has 0 fully saturated rings. The zero-order chi connectivity index (χ0) is 18.2. The molecule has 3 N–H and O–H groups in total. The van der Waals surface area contributed by atoms with Crippen molar-refractivity contribution in [1.82, 2.24) is 5.32 Å². The number of ether oxygens (including phenoxy) is 1. The van der Waals surface area contributed by atoms with Gasteiger partial charge in [0.1, 0.15) is 17.2 Å². The third-order valence-electron chi connectivity index (χ3n) is 4.23. The summed E-state index contributed by atoms with van der Waals surface area (Å²) in [5.74, 6) is -0.0950. The Morgan fingerprint density at radius 3 is 2.81 bits per heavy atom. The normalized spacial score (nSPS) is 17.5. The van der Waals surface area contributed by atoms with Crippen molar-refractivity contribution >= 4 is 35.6 Å². The van der Waals surface area contributed by atoms with Crippen LogP contribution in [0.2, 0.25) is 5.02 Å². The van der Waals surface area contributed by atoms with Gasteiger partial charge in [-0.15, -0.1) is 12.4 Å². The fourth-order valence-electron chi connectivity index (χ4n) is 3.11. The van der Waals surface area contributed by atoms with Crippen LogP contribution in [-0.4, -0.2) is 11.5 Å². The lowest BCUT2D eigenvalue weighted by Gasteiger charge is -2.38. The van der Waals surface area contributed by atoms with Crippen molar-refractivity contribution in [3.05, 3.63) is 58.4 Å². The van der Waals surface area contributed by atoms with Crippen LogP contribution in [0.1, 0.15) is 37.4 Å². The first-order chi connectivity index (χ1) is 11.7. The molecule has 0 bridgehead atoms. The Morgan fingerprint density at radius 1 is 1.38 bits per heavy atom. The van der Waals surface area contributed by atoms with Crippen LogP contribution in [-0.2, 0) is 11.2 Å². The van der Waals surface area contributed by atoms with E-state index in [0.717, 1.165) is 5.56 Å². The molecule has 1 amide bonds. The lowest BCUT2D eigenvalue weighted by molar-refractivity contribution is -0.121. The van der Waals surface area contributed by atoms with Crippen molar-refractivity contribution < 1.29 is 13.9 Å². The second kappa shape index (κ2) is 7.72. The number of fused-ring (bicyclic) bond motifs is 1. The first-order valence-corrected chi connectivity index (χ1v) is 8.44. The number of nitrogens with one attached hydrogen (secondary N) is 1. The van der Waals surface area contributed by atoms with Gasteiger partial charge < -0.3 is 15.8 Å². The topological polar surface area (TPSA) is 64.4 Å². The molecule has 0 saturated heterocycles. The quantitative estimate of drug-likeness (QED) is 0.750. The minimum atomic E-state index is -0.486. The molecule has 2 aromatic rings. The Kier molecular flexibility index (Phi) is 6.04. The summed E-state index contributed by atoms with van der Waals surface area (Å²) in [6, 6.07) is 9.48. The van der Waals surface area contributed by atoms with Crippen molar-refractivity contribution in [2.24, 2.45) is 0 Å². The number of rotatable bonds is 3. The number of nitrogen functional groups attached to an aromatic ring is 1. The van der Waals surface area contributed by atoms with Gasteiger partial charge >= 0.3 is 0 Å². The number of hydrogen-bond acceptors (Lipinski definition) is 3. The van der Waals surface area contributed by atoms with Gasteiger partial charge in [0.2, 0.25) is 5.91 Å². The second-order valence-corrected chi connectivity index (χ2v) is 7.27. The molecule has 1 aliphatic heterocycles. The zero-order valence-corrected chi connectivity index (χ0v) is 16.1. The Hall–Kier alpha value is -1.98. The van der Waals surface area contributed by atoms with Crippen molar-refractivity contribution in [2.45, 2.75) is 38.3 Å². The van der Waals surface area contributed by atoms with Gasteiger partial charge in [-0.1, -0.05) is 17.7 Å². The van der Waals surface area contributed by atoms with E-state index in [-0.39, 0.29) is 41.4 Å². The minimum Gasteiger partial charge on any atom is -0.487 e. The summed E-state index contributed by atoms with van der Waals surface area (Å²) < 4.78 is 19.9. The van der Waals surface area contributed by atoms with Gasteiger partial charge in [-0.25, -0.2) is 4.39 Å². The third kappa shape index (κ3) is 4.40. The minimum absolute atomic E-state index is 0. The largest absolute Gasteiger partial charge is 0.487 e. The first-order valence-electron chi connectivity index (χ1n) is 8.06. The molecule has 2 aromatic carbocycles. The van der Waals surface area contributed by atoms with Crippen LogP contribution in [0.5, 0.6) is 5.75 Å². The van der Waals surface area contributed by atoms with Gasteiger partial charge in [0.25, 0.3) is 0 Å². The van der Waals surface area contributed by atoms with Crippen LogP contribution in [0.25, 0.3) is 0 Å². The van der Waals surface area contributed by atoms with E-state index >= 15 is 0 Å². The van der Waals surface area contributed by atoms with E-state index in [2.05, 4.69) is 5.32 Å². The van der Waals surface area contributed by atoms with Crippen LogP contribution in [0.15, 0.2) is 36.4 Å². The van der Waals surface area contributed by atoms with E-state index in [9.17, 15) is 9.18 Å². The molecule has 26 heavy (non-hydrogen) atoms. The summed E-state index contributed by atoms with van der Waals surface area (Å²) in [5.41, 5.74) is 7.05. The Balaban J connectivity index is 0.00000243. The molecule has 1 aliphatic rings. The summed E-state index contributed by atoms with van der Waals surface area (Å²) >= 11 is 6.01. The average Bonchev–Trinajstić information content (AvgIpc) is 2.51. The highest BCUT2D eigenvalue weighted by Crippen LogP contribution is 2.40. The van der Waals surface area contributed by atoms with Crippen molar-refractivity contribution in [2.75, 3.05) is 5.73 Å². The number of benzene rings is 2. The molecule has 4 nitrogen and oxygen atoms in total. The van der Waals surface area contributed by atoms with E-state index in [4.69, 9.17) is 22.1 Å². The highest BCUT2D eigenvalue weighted by Gasteiger charge is 2.34. The van der Waals surface area contributed by atoms with Crippen molar-refractivity contribution in [3.8, 4) is 5.75 Å². The summed E-state index contributed by atoms with van der Waals surface area (Å²) in [6.45, 7) is 3.92. The van der Waals surface area contributed by atoms with Crippen LogP contribution < -0.4 is 15.8 Å². The maximum Gasteiger partial charge on any atom is 0.225 e. The van der Waals surface area contributed by atoms with Gasteiger partial charge in [0, 0.05) is 28.3 Å². The molecule has 0 spiro atoms. The molecular formula is C19H21Cl2FN2O2. The number of carbonyl (C=O) groups is 1. The van der Waals surface area contributed by atoms with Gasteiger partial charge in [0.15, 0.2) is 0 Å². The molecule has 3 rings (SSSR count). The smallest absolute Gasteiger partial charge is 0.225 e. The zero-order valence-electron chi connectivity index (χ0n) is 14.5. The van der Waals surface area contributed by atoms with E-state index in [1.165, 1.54) is 12.1 Å². The maximum atomic E-state index is 13.9. The Bertz CT molecular complexity index is 807. The third-order valence-corrected chi connectivity index (χ3v) is 4.58. The van der Waals surface area contributed by atoms with E-state index in [1.54, 1.807) is 24.3 Å². The molecule has 1 unspecified atom stereocenters. The monoisotopic (exact) mass is 398 g/mol. The van der Waals surface area contributed by atoms with Crippen molar-refractivity contribution in [3.63, 3.8) is 0 Å². The Labute approximate surface area is 163 Å². The van der Waals surface area contributed by atoms with E-state index in [0.29, 0.717) is 17.9 Å². The SMILES string of the molecule is CC1(C)CC(NC(=O)Cc2c(F)cccc2Cl)c2cc(N)ccc2O1.Cl. The standard InChI is InChI=1S/C19H20ClFN2O2.ClH/c1-19(2)10-16(13-8-11(22)6-7-17(13)25-19)23-18(24)9-12-14(20)4-3-5-15(12)21;/h3-8,16H,9-10,22H2,1-2H3,(H,23,24);1H. The molecular weight excluding hydrogens is 378 g/mol. The van der Waals surface area contributed by atoms with Gasteiger partial charge in [-0.2, -0.15) is 0 Å². The van der Waals surface area contributed by atoms with Crippen LogP contribution in [0.4, 0.5) is 10.1 Å². The highest BCUT2D eigenvalue weighted by molar-refractivity contribution is 6.31. The van der Waals surface area contributed by atoms with Crippen molar-refractivity contribution in [1.29, 1.82) is 0 Å². The molecule has 0 radical (unpaired) electrons. The van der Waals surface area contributed by atoms with Crippen LogP contribution in [0, 0.1) is 5.82 Å². The van der Waals surface area contributed by atoms with Crippen LogP contribution >= 0.6 is 24.0 Å².